The van der Waals surface area contributed by atoms with Gasteiger partial charge in [-0.3, -0.25) is 24.0 Å². The lowest BCUT2D eigenvalue weighted by Gasteiger charge is -2.57. The van der Waals surface area contributed by atoms with Gasteiger partial charge in [0.1, 0.15) is 12.2 Å². The molecular weight excluding hydrogens is 569 g/mol. The van der Waals surface area contributed by atoms with E-state index in [9.17, 15) is 57.6 Å². The minimum absolute atomic E-state index is 0.0526. The highest BCUT2D eigenvalue weighted by molar-refractivity contribution is 6.07. The van der Waals surface area contributed by atoms with E-state index in [0.717, 1.165) is 0 Å². The number of rotatable bonds is 9. The van der Waals surface area contributed by atoms with E-state index >= 15 is 0 Å². The Bertz CT molecular complexity index is 1500. The molecule has 1 aliphatic rings. The first-order valence-electron chi connectivity index (χ1n) is 12.3. The molecule has 1 saturated heterocycles. The summed E-state index contributed by atoms with van der Waals surface area (Å²) in [5, 5.41) is 45.7. The lowest BCUT2D eigenvalue weighted by molar-refractivity contribution is -0.371. The first-order chi connectivity index (χ1) is 19.2. The topological polar surface area (TPSA) is 185 Å². The van der Waals surface area contributed by atoms with Crippen LogP contribution in [-0.2, 0) is 28.7 Å². The van der Waals surface area contributed by atoms with E-state index in [1.807, 2.05) is 0 Å². The number of alkyl halides is 3. The number of halogens is 3. The fourth-order valence-corrected chi connectivity index (χ4v) is 4.88. The fourth-order valence-electron chi connectivity index (χ4n) is 4.88. The van der Waals surface area contributed by atoms with Crippen LogP contribution in [0.2, 0.25) is 0 Å². The van der Waals surface area contributed by atoms with Gasteiger partial charge in [0.05, 0.1) is 0 Å². The molecule has 0 bridgehead atoms. The molecule has 226 valence electrons. The molecule has 0 radical (unpaired) electrons. The zero-order valence-electron chi connectivity index (χ0n) is 22.6. The number of benzene rings is 2. The van der Waals surface area contributed by atoms with E-state index in [2.05, 4.69) is 0 Å². The van der Waals surface area contributed by atoms with Crippen LogP contribution < -0.4 is 0 Å². The van der Waals surface area contributed by atoms with Crippen molar-refractivity contribution in [3.05, 3.63) is 59.9 Å². The Morgan fingerprint density at radius 1 is 0.881 bits per heavy atom. The van der Waals surface area contributed by atoms with Crippen molar-refractivity contribution in [3.8, 4) is 0 Å². The van der Waals surface area contributed by atoms with Crippen LogP contribution >= 0.6 is 0 Å². The van der Waals surface area contributed by atoms with Crippen molar-refractivity contribution in [2.24, 2.45) is 0 Å². The quantitative estimate of drug-likeness (QED) is 0.185. The molecule has 0 spiro atoms. The van der Waals surface area contributed by atoms with Gasteiger partial charge in [-0.05, 0) is 44.5 Å². The Labute approximate surface area is 236 Å². The molecule has 1 heterocycles. The number of hydrogen-bond donors (Lipinski definition) is 4. The number of fused-ring (bicyclic) bond motifs is 1. The Kier molecular flexibility index (Phi) is 8.65. The maximum Gasteiger partial charge on any atom is 0.449 e. The van der Waals surface area contributed by atoms with Crippen LogP contribution in [-0.4, -0.2) is 90.8 Å². The molecule has 2 unspecified atom stereocenters. The van der Waals surface area contributed by atoms with Gasteiger partial charge in [0.15, 0.2) is 34.5 Å². The summed E-state index contributed by atoms with van der Waals surface area (Å²) in [7, 11) is 0. The summed E-state index contributed by atoms with van der Waals surface area (Å²) >= 11 is 0. The molecule has 42 heavy (non-hydrogen) atoms. The molecule has 11 nitrogen and oxygen atoms in total. The highest BCUT2D eigenvalue weighted by Crippen LogP contribution is 2.49. The van der Waals surface area contributed by atoms with Crippen molar-refractivity contribution in [2.45, 2.75) is 69.2 Å². The molecule has 1 fully saturated rings. The molecule has 1 aliphatic heterocycles. The third-order valence-corrected chi connectivity index (χ3v) is 7.22. The Balaban J connectivity index is 2.23. The fraction of sp³-hybridized carbons (Fsp3) is 0.393. The average Bonchev–Trinajstić information content (AvgIpc) is 2.90. The second-order valence-electron chi connectivity index (χ2n) is 9.91. The second-order valence-corrected chi connectivity index (χ2v) is 9.91. The van der Waals surface area contributed by atoms with Crippen LogP contribution in [0.15, 0.2) is 54.3 Å². The molecule has 0 aromatic heterocycles. The summed E-state index contributed by atoms with van der Waals surface area (Å²) in [6, 6.07) is 10.6. The Hall–Kier alpha value is -3.82. The van der Waals surface area contributed by atoms with Crippen molar-refractivity contribution >= 4 is 39.7 Å². The van der Waals surface area contributed by atoms with Gasteiger partial charge in [0.2, 0.25) is 23.3 Å². The van der Waals surface area contributed by atoms with Crippen molar-refractivity contribution in [1.29, 1.82) is 0 Å². The molecular formula is C28H27F3O11. The number of Topliss-reactive ketones (excluding diaryl/α,β-unsaturated/α-hetero) is 4. The third kappa shape index (κ3) is 5.05. The van der Waals surface area contributed by atoms with Crippen LogP contribution in [0.5, 0.6) is 0 Å². The maximum absolute atomic E-state index is 14.2. The lowest BCUT2D eigenvalue weighted by atomic mass is 9.60. The van der Waals surface area contributed by atoms with Gasteiger partial charge in [-0.2, -0.15) is 13.2 Å². The molecule has 2 aromatic carbocycles. The number of hydrogen-bond acceptors (Lipinski definition) is 11. The van der Waals surface area contributed by atoms with Crippen molar-refractivity contribution in [2.75, 3.05) is 0 Å². The van der Waals surface area contributed by atoms with E-state index in [4.69, 9.17) is 9.47 Å². The Morgan fingerprint density at radius 2 is 1.43 bits per heavy atom. The largest absolute Gasteiger partial charge is 0.456 e. The van der Waals surface area contributed by atoms with Gasteiger partial charge in [-0.1, -0.05) is 36.4 Å². The van der Waals surface area contributed by atoms with Gasteiger partial charge >= 0.3 is 6.18 Å². The molecule has 6 atom stereocenters. The molecule has 0 saturated carbocycles. The lowest BCUT2D eigenvalue weighted by Crippen LogP contribution is -2.87. The molecule has 3 rings (SSSR count). The number of aliphatic hydroxyl groups is 4. The van der Waals surface area contributed by atoms with Crippen LogP contribution in [0.3, 0.4) is 0 Å². The number of carbonyl (C=O) groups is 5. The zero-order chi connectivity index (χ0) is 32.0. The van der Waals surface area contributed by atoms with Crippen molar-refractivity contribution in [3.63, 3.8) is 0 Å². The molecule has 2 aromatic rings. The maximum atomic E-state index is 14.2. The highest BCUT2D eigenvalue weighted by Gasteiger charge is 2.80. The molecule has 0 aliphatic carbocycles. The number of aliphatic hydroxyl groups excluding tert-OH is 1. The van der Waals surface area contributed by atoms with Gasteiger partial charge in [0.25, 0.3) is 0 Å². The zero-order valence-corrected chi connectivity index (χ0v) is 22.6. The minimum Gasteiger partial charge on any atom is -0.456 e. The smallest absolute Gasteiger partial charge is 0.449 e. The monoisotopic (exact) mass is 596 g/mol. The first-order valence-corrected chi connectivity index (χ1v) is 12.3. The van der Waals surface area contributed by atoms with Crippen LogP contribution in [0.25, 0.3) is 10.8 Å². The summed E-state index contributed by atoms with van der Waals surface area (Å²) in [4.78, 5) is 63.0. The highest BCUT2D eigenvalue weighted by atomic mass is 19.4. The first kappa shape index (κ1) is 32.7. The standard InChI is InChI=1S/C28H27F3O11/c1-13(32)22(37)23-25(38,14(2)33)27(40,16(4)35)26(39,15(3)34)24(42-23)41-21(28(29,30)31)12-20(36)19-10-9-17-7-5-6-8-18(17)11-19/h5-12,22-24,37-40H,1-4H3/t22?,23-,24?,25+,26+,27+/m1/s1. The van der Waals surface area contributed by atoms with E-state index in [-0.39, 0.29) is 11.6 Å². The number of carbonyl (C=O) groups excluding carboxylic acids is 5. The Morgan fingerprint density at radius 3 is 1.90 bits per heavy atom. The number of ketones is 5. The summed E-state index contributed by atoms with van der Waals surface area (Å²) in [6.45, 7) is 2.22. The predicted molar refractivity (Wildman–Crippen MR) is 136 cm³/mol. The molecule has 4 N–H and O–H groups in total. The second kappa shape index (κ2) is 11.1. The van der Waals surface area contributed by atoms with Crippen LogP contribution in [0.4, 0.5) is 13.2 Å². The SMILES string of the molecule is CC(=O)C(O)[C@H]1OC(OC(=CC(=O)c2ccc3ccccc3c2)C(F)(F)F)[C@@](O)(C(C)=O)[C@](O)(C(C)=O)[C@]1(O)C(C)=O. The van der Waals surface area contributed by atoms with Crippen LogP contribution in [0.1, 0.15) is 38.1 Å². The number of ether oxygens (including phenoxy) is 2. The molecule has 14 heteroatoms. The summed E-state index contributed by atoms with van der Waals surface area (Å²) < 4.78 is 52.3. The normalized spacial score (nSPS) is 29.1. The van der Waals surface area contributed by atoms with Gasteiger partial charge in [-0.25, -0.2) is 0 Å². The van der Waals surface area contributed by atoms with Crippen molar-refractivity contribution < 1.29 is 67.0 Å². The summed E-state index contributed by atoms with van der Waals surface area (Å²) in [5.41, 5.74) is -12.0. The summed E-state index contributed by atoms with van der Waals surface area (Å²) in [6.07, 6.45) is -14.0. The predicted octanol–water partition coefficient (Wildman–Crippen LogP) is 1.12. The minimum atomic E-state index is -5.54. The van der Waals surface area contributed by atoms with E-state index in [0.29, 0.717) is 38.5 Å². The van der Waals surface area contributed by atoms with Gasteiger partial charge in [-0.15, -0.1) is 0 Å². The average molecular weight is 597 g/mol. The van der Waals surface area contributed by atoms with E-state index < -0.39 is 76.2 Å². The van der Waals surface area contributed by atoms with Crippen LogP contribution in [0, 0.1) is 0 Å². The molecule has 0 amide bonds. The third-order valence-electron chi connectivity index (χ3n) is 7.22. The summed E-state index contributed by atoms with van der Waals surface area (Å²) in [5.74, 6) is -9.78. The van der Waals surface area contributed by atoms with E-state index in [1.54, 1.807) is 24.3 Å². The van der Waals surface area contributed by atoms with Gasteiger partial charge in [0, 0.05) is 11.6 Å². The number of allylic oxidation sites excluding steroid dienone is 2. The van der Waals surface area contributed by atoms with Crippen molar-refractivity contribution in [1.82, 2.24) is 0 Å². The van der Waals surface area contributed by atoms with E-state index in [1.165, 1.54) is 18.2 Å². The van der Waals surface area contributed by atoms with Gasteiger partial charge < -0.3 is 29.9 Å².